The van der Waals surface area contributed by atoms with Gasteiger partial charge in [-0.05, 0) is 55.8 Å². The van der Waals surface area contributed by atoms with E-state index in [2.05, 4.69) is 51.9 Å². The first-order valence-electron chi connectivity index (χ1n) is 9.35. The Morgan fingerprint density at radius 3 is 2.89 bits per heavy atom. The van der Waals surface area contributed by atoms with E-state index in [0.717, 1.165) is 30.3 Å². The van der Waals surface area contributed by atoms with Crippen molar-refractivity contribution in [3.8, 4) is 0 Å². The second kappa shape index (κ2) is 8.59. The van der Waals surface area contributed by atoms with E-state index in [9.17, 15) is 5.11 Å². The Bertz CT molecular complexity index is 896. The van der Waals surface area contributed by atoms with Crippen LogP contribution < -0.4 is 10.6 Å². The van der Waals surface area contributed by atoms with E-state index in [1.165, 1.54) is 22.0 Å². The summed E-state index contributed by atoms with van der Waals surface area (Å²) in [5.41, 5.74) is 2.77. The number of thiophene rings is 1. The summed E-state index contributed by atoms with van der Waals surface area (Å²) in [5, 5.41) is 20.5. The molecule has 0 saturated carbocycles. The Hall–Kier alpha value is -2.31. The molecule has 1 aromatic carbocycles. The molecule has 0 saturated heterocycles. The van der Waals surface area contributed by atoms with Crippen LogP contribution in [0.25, 0.3) is 10.9 Å². The van der Waals surface area contributed by atoms with Gasteiger partial charge in [-0.3, -0.25) is 0 Å². The van der Waals surface area contributed by atoms with Crippen molar-refractivity contribution in [2.24, 2.45) is 4.99 Å². The summed E-state index contributed by atoms with van der Waals surface area (Å²) in [6.45, 7) is 7.81. The van der Waals surface area contributed by atoms with Crippen molar-refractivity contribution in [2.75, 3.05) is 19.6 Å². The zero-order chi connectivity index (χ0) is 19.3. The minimum Gasteiger partial charge on any atom is -0.383 e. The number of aryl methyl sites for hydroxylation is 1. The molecule has 0 fully saturated rings. The first kappa shape index (κ1) is 19.5. The molecular weight excluding hydrogens is 356 g/mol. The Labute approximate surface area is 164 Å². The van der Waals surface area contributed by atoms with Gasteiger partial charge in [0.1, 0.15) is 5.60 Å². The number of aliphatic hydroxyl groups is 1. The maximum Gasteiger partial charge on any atom is 0.191 e. The average Bonchev–Trinajstić information content (AvgIpc) is 3.30. The number of aliphatic imine (C=N–C) groups is 1. The minimum atomic E-state index is -0.953. The van der Waals surface area contributed by atoms with Gasteiger partial charge in [0.05, 0.1) is 6.54 Å². The fraction of sp³-hybridized carbons (Fsp3) is 0.381. The molecule has 27 heavy (non-hydrogen) atoms. The topological polar surface area (TPSA) is 72.4 Å². The lowest BCUT2D eigenvalue weighted by Crippen LogP contribution is -2.39. The molecule has 0 amide bonds. The van der Waals surface area contributed by atoms with Gasteiger partial charge in [0, 0.05) is 35.1 Å². The van der Waals surface area contributed by atoms with Gasteiger partial charge >= 0.3 is 0 Å². The monoisotopic (exact) mass is 384 g/mol. The number of H-pyrrole nitrogens is 1. The number of hydrogen-bond acceptors (Lipinski definition) is 3. The van der Waals surface area contributed by atoms with Crippen molar-refractivity contribution < 1.29 is 5.11 Å². The molecule has 3 aromatic rings. The van der Waals surface area contributed by atoms with Crippen molar-refractivity contribution in [3.63, 3.8) is 0 Å². The van der Waals surface area contributed by atoms with Crippen LogP contribution >= 0.6 is 11.3 Å². The van der Waals surface area contributed by atoms with Crippen LogP contribution in [0.4, 0.5) is 0 Å². The second-order valence-corrected chi connectivity index (χ2v) is 7.93. The van der Waals surface area contributed by atoms with Crippen LogP contribution in [0.2, 0.25) is 0 Å². The Morgan fingerprint density at radius 2 is 2.15 bits per heavy atom. The predicted octanol–water partition coefficient (Wildman–Crippen LogP) is 3.54. The Balaban J connectivity index is 1.60. The molecule has 0 spiro atoms. The summed E-state index contributed by atoms with van der Waals surface area (Å²) in [6, 6.07) is 10.4. The van der Waals surface area contributed by atoms with E-state index >= 15 is 0 Å². The maximum absolute atomic E-state index is 10.7. The van der Waals surface area contributed by atoms with Crippen LogP contribution in [0.5, 0.6) is 0 Å². The van der Waals surface area contributed by atoms with Gasteiger partial charge in [0.2, 0.25) is 0 Å². The number of nitrogens with one attached hydrogen (secondary N) is 3. The lowest BCUT2D eigenvalue weighted by atomic mass is 10.1. The van der Waals surface area contributed by atoms with Crippen LogP contribution in [0, 0.1) is 6.92 Å². The van der Waals surface area contributed by atoms with Gasteiger partial charge in [-0.1, -0.05) is 18.2 Å². The molecular formula is C21H28N4OS. The zero-order valence-electron chi connectivity index (χ0n) is 16.2. The molecule has 144 valence electrons. The Morgan fingerprint density at radius 1 is 1.30 bits per heavy atom. The lowest BCUT2D eigenvalue weighted by Gasteiger charge is -2.20. The number of hydrogen-bond donors (Lipinski definition) is 4. The summed E-state index contributed by atoms with van der Waals surface area (Å²) < 4.78 is 0. The number of aromatic nitrogens is 1. The van der Waals surface area contributed by atoms with Gasteiger partial charge in [-0.15, -0.1) is 11.3 Å². The minimum absolute atomic E-state index is 0.315. The largest absolute Gasteiger partial charge is 0.383 e. The molecule has 4 N–H and O–H groups in total. The number of rotatable bonds is 7. The first-order chi connectivity index (χ1) is 13.0. The zero-order valence-corrected chi connectivity index (χ0v) is 17.0. The van der Waals surface area contributed by atoms with Crippen LogP contribution in [0.15, 0.2) is 46.9 Å². The van der Waals surface area contributed by atoms with E-state index < -0.39 is 5.60 Å². The molecule has 0 radical (unpaired) electrons. The number of fused-ring (bicyclic) bond motifs is 1. The molecule has 6 heteroatoms. The number of guanidine groups is 1. The standard InChI is InChI=1S/C21H28N4OS/c1-4-22-20(25-14-21(3,26)19-6-5-11-27-19)23-10-9-16-13-24-18-12-15(2)7-8-17(16)18/h5-8,11-13,24,26H,4,9-10,14H2,1-3H3,(H2,22,23,25). The summed E-state index contributed by atoms with van der Waals surface area (Å²) in [6.07, 6.45) is 2.98. The lowest BCUT2D eigenvalue weighted by molar-refractivity contribution is 0.0711. The molecule has 5 nitrogen and oxygen atoms in total. The van der Waals surface area contributed by atoms with Crippen molar-refractivity contribution in [3.05, 3.63) is 57.9 Å². The summed E-state index contributed by atoms with van der Waals surface area (Å²) in [5.74, 6) is 0.727. The predicted molar refractivity (Wildman–Crippen MR) is 115 cm³/mol. The third-order valence-corrected chi connectivity index (χ3v) is 5.67. The molecule has 0 aliphatic carbocycles. The molecule has 3 rings (SSSR count). The molecule has 2 aromatic heterocycles. The third-order valence-electron chi connectivity index (χ3n) is 4.55. The summed E-state index contributed by atoms with van der Waals surface area (Å²) in [7, 11) is 0. The van der Waals surface area contributed by atoms with E-state index in [1.807, 2.05) is 24.4 Å². The smallest absolute Gasteiger partial charge is 0.191 e. The fourth-order valence-corrected chi connectivity index (χ4v) is 3.84. The summed E-state index contributed by atoms with van der Waals surface area (Å²) >= 11 is 1.55. The van der Waals surface area contributed by atoms with Gasteiger partial charge in [0.25, 0.3) is 0 Å². The van der Waals surface area contributed by atoms with E-state index in [-0.39, 0.29) is 0 Å². The van der Waals surface area contributed by atoms with Crippen LogP contribution in [0.3, 0.4) is 0 Å². The molecule has 0 bridgehead atoms. The van der Waals surface area contributed by atoms with Crippen LogP contribution in [0.1, 0.15) is 29.9 Å². The Kier molecular flexibility index (Phi) is 6.19. The van der Waals surface area contributed by atoms with Crippen LogP contribution in [-0.2, 0) is 12.0 Å². The van der Waals surface area contributed by atoms with Crippen molar-refractivity contribution in [2.45, 2.75) is 32.8 Å². The highest BCUT2D eigenvalue weighted by Crippen LogP contribution is 2.25. The van der Waals surface area contributed by atoms with Crippen molar-refractivity contribution in [1.82, 2.24) is 15.6 Å². The number of benzene rings is 1. The molecule has 0 aliphatic rings. The first-order valence-corrected chi connectivity index (χ1v) is 10.2. The van der Waals surface area contributed by atoms with Crippen molar-refractivity contribution >= 4 is 28.2 Å². The summed E-state index contributed by atoms with van der Waals surface area (Å²) in [4.78, 5) is 8.85. The highest BCUT2D eigenvalue weighted by Gasteiger charge is 2.23. The highest BCUT2D eigenvalue weighted by molar-refractivity contribution is 7.10. The molecule has 1 unspecified atom stereocenters. The molecule has 0 aliphatic heterocycles. The average molecular weight is 385 g/mol. The quantitative estimate of drug-likeness (QED) is 0.372. The number of aromatic amines is 1. The van der Waals surface area contributed by atoms with Gasteiger partial charge in [0.15, 0.2) is 5.96 Å². The van der Waals surface area contributed by atoms with Gasteiger partial charge in [-0.2, -0.15) is 0 Å². The third kappa shape index (κ3) is 4.90. The van der Waals surface area contributed by atoms with Gasteiger partial charge < -0.3 is 20.7 Å². The SMILES string of the molecule is CCNC(=NCC(C)(O)c1cccs1)NCCc1c[nH]c2cc(C)ccc12. The number of nitrogens with zero attached hydrogens (tertiary/aromatic N) is 1. The molecule has 2 heterocycles. The second-order valence-electron chi connectivity index (χ2n) is 6.99. The van der Waals surface area contributed by atoms with E-state index in [1.54, 1.807) is 18.3 Å². The van der Waals surface area contributed by atoms with Crippen molar-refractivity contribution in [1.29, 1.82) is 0 Å². The molecule has 1 atom stereocenters. The highest BCUT2D eigenvalue weighted by atomic mass is 32.1. The van der Waals surface area contributed by atoms with Crippen LogP contribution in [-0.4, -0.2) is 35.7 Å². The normalized spacial score (nSPS) is 14.3. The fourth-order valence-electron chi connectivity index (χ4n) is 3.06. The van der Waals surface area contributed by atoms with Gasteiger partial charge in [-0.25, -0.2) is 4.99 Å². The van der Waals surface area contributed by atoms with E-state index in [4.69, 9.17) is 0 Å². The maximum atomic E-state index is 10.7. The van der Waals surface area contributed by atoms with E-state index in [0.29, 0.717) is 6.54 Å².